The van der Waals surface area contributed by atoms with Crippen molar-refractivity contribution in [3.05, 3.63) is 0 Å². The molecule has 1 rings (SSSR count). The van der Waals surface area contributed by atoms with E-state index in [9.17, 15) is 24.6 Å². The minimum absolute atomic E-state index is 0.0655. The van der Waals surface area contributed by atoms with Crippen molar-refractivity contribution in [3.8, 4) is 0 Å². The first-order valence-corrected chi connectivity index (χ1v) is 10.1. The van der Waals surface area contributed by atoms with Crippen molar-refractivity contribution in [1.82, 2.24) is 10.2 Å². The molecular weight excluding hydrogens is 364 g/mol. The van der Waals surface area contributed by atoms with Gasteiger partial charge in [-0.05, 0) is 46.6 Å². The molecule has 0 bridgehead atoms. The number of carboxylic acids is 2. The Kier molecular flexibility index (Phi) is 7.88. The molecule has 8 heteroatoms. The Morgan fingerprint density at radius 2 is 1.71 bits per heavy atom. The van der Waals surface area contributed by atoms with E-state index >= 15 is 0 Å². The first-order chi connectivity index (χ1) is 12.9. The third kappa shape index (κ3) is 4.59. The molecule has 1 unspecified atom stereocenters. The smallest absolute Gasteiger partial charge is 0.408 e. The van der Waals surface area contributed by atoms with Gasteiger partial charge in [0.2, 0.25) is 0 Å². The standard InChI is InChI=1S/C20H36N2O6/c1-7-10-11-12-22-13-19(15(23)24,21-17(27)28-18(4,5)6)14(8-2)20(22,9-3)16(25)26/h14H,7-13H2,1-6H3,(H,21,27)(H,23,24)(H,25,26)/t14?,19-,20+/m0/s1. The normalized spacial score (nSPS) is 28.1. The fraction of sp³-hybridized carbons (Fsp3) is 0.850. The van der Waals surface area contributed by atoms with E-state index in [0.717, 1.165) is 19.3 Å². The van der Waals surface area contributed by atoms with Crippen LogP contribution in [-0.4, -0.2) is 62.9 Å². The lowest BCUT2D eigenvalue weighted by Gasteiger charge is -2.39. The third-order valence-corrected chi connectivity index (χ3v) is 5.63. The lowest BCUT2D eigenvalue weighted by molar-refractivity contribution is -0.154. The summed E-state index contributed by atoms with van der Waals surface area (Å²) < 4.78 is 5.28. The zero-order valence-electron chi connectivity index (χ0n) is 18.0. The molecule has 28 heavy (non-hydrogen) atoms. The van der Waals surface area contributed by atoms with Gasteiger partial charge in [-0.2, -0.15) is 0 Å². The third-order valence-electron chi connectivity index (χ3n) is 5.63. The van der Waals surface area contributed by atoms with Gasteiger partial charge in [-0.3, -0.25) is 9.69 Å². The highest BCUT2D eigenvalue weighted by Gasteiger charge is 2.67. The molecule has 1 aliphatic heterocycles. The van der Waals surface area contributed by atoms with Gasteiger partial charge in [0, 0.05) is 12.5 Å². The minimum atomic E-state index is -1.72. The number of aliphatic carboxylic acids is 2. The van der Waals surface area contributed by atoms with Crippen molar-refractivity contribution in [3.63, 3.8) is 0 Å². The monoisotopic (exact) mass is 400 g/mol. The Hall–Kier alpha value is -1.83. The lowest BCUT2D eigenvalue weighted by Crippen LogP contribution is -2.63. The van der Waals surface area contributed by atoms with Gasteiger partial charge < -0.3 is 20.3 Å². The van der Waals surface area contributed by atoms with Crippen LogP contribution in [0.25, 0.3) is 0 Å². The van der Waals surface area contributed by atoms with Crippen LogP contribution in [0.5, 0.6) is 0 Å². The van der Waals surface area contributed by atoms with Crippen LogP contribution in [0.3, 0.4) is 0 Å². The second-order valence-corrected chi connectivity index (χ2v) is 8.58. The van der Waals surface area contributed by atoms with Crippen molar-refractivity contribution in [2.45, 2.75) is 90.3 Å². The van der Waals surface area contributed by atoms with Crippen LogP contribution in [0.1, 0.15) is 73.6 Å². The van der Waals surface area contributed by atoms with Crippen LogP contribution in [0.4, 0.5) is 4.79 Å². The van der Waals surface area contributed by atoms with E-state index in [1.165, 1.54) is 0 Å². The summed E-state index contributed by atoms with van der Waals surface area (Å²) in [5.74, 6) is -3.08. The predicted molar refractivity (Wildman–Crippen MR) is 105 cm³/mol. The highest BCUT2D eigenvalue weighted by atomic mass is 16.6. The van der Waals surface area contributed by atoms with Crippen LogP contribution in [-0.2, 0) is 14.3 Å². The second kappa shape index (κ2) is 9.11. The molecule has 1 heterocycles. The Bertz CT molecular complexity index is 588. The number of unbranched alkanes of at least 4 members (excludes halogenated alkanes) is 2. The number of hydrogen-bond acceptors (Lipinski definition) is 5. The van der Waals surface area contributed by atoms with Gasteiger partial charge in [-0.15, -0.1) is 0 Å². The van der Waals surface area contributed by atoms with Crippen molar-refractivity contribution < 1.29 is 29.3 Å². The fourth-order valence-electron chi connectivity index (χ4n) is 4.49. The van der Waals surface area contributed by atoms with Crippen molar-refractivity contribution in [1.29, 1.82) is 0 Å². The Labute approximate surface area is 167 Å². The molecule has 1 amide bonds. The predicted octanol–water partition coefficient (Wildman–Crippen LogP) is 3.10. The molecule has 1 saturated heterocycles. The van der Waals surface area contributed by atoms with E-state index in [1.807, 2.05) is 0 Å². The number of alkyl carbamates (subject to hydrolysis) is 1. The summed E-state index contributed by atoms with van der Waals surface area (Å²) in [6, 6.07) is 0. The van der Waals surface area contributed by atoms with Crippen LogP contribution >= 0.6 is 0 Å². The van der Waals surface area contributed by atoms with Gasteiger partial charge in [0.25, 0.3) is 0 Å². The lowest BCUT2D eigenvalue weighted by atomic mass is 9.72. The van der Waals surface area contributed by atoms with E-state index < -0.39 is 40.6 Å². The molecule has 1 fully saturated rings. The maximum atomic E-state index is 12.5. The van der Waals surface area contributed by atoms with Gasteiger partial charge >= 0.3 is 18.0 Å². The fourth-order valence-corrected chi connectivity index (χ4v) is 4.49. The van der Waals surface area contributed by atoms with E-state index in [2.05, 4.69) is 12.2 Å². The number of likely N-dealkylation sites (tertiary alicyclic amines) is 1. The Morgan fingerprint density at radius 3 is 2.11 bits per heavy atom. The highest BCUT2D eigenvalue weighted by molar-refractivity contribution is 5.90. The molecule has 0 aliphatic carbocycles. The minimum Gasteiger partial charge on any atom is -0.480 e. The van der Waals surface area contributed by atoms with Gasteiger partial charge in [-0.25, -0.2) is 9.59 Å². The molecule has 0 aromatic rings. The van der Waals surface area contributed by atoms with E-state index in [4.69, 9.17) is 4.74 Å². The number of carboxylic acid groups (broad SMARTS) is 2. The number of nitrogens with one attached hydrogen (secondary N) is 1. The summed E-state index contributed by atoms with van der Waals surface area (Å²) in [6.07, 6.45) is 2.36. The van der Waals surface area contributed by atoms with E-state index in [-0.39, 0.29) is 13.0 Å². The zero-order chi connectivity index (χ0) is 21.8. The number of hydrogen-bond donors (Lipinski definition) is 3. The van der Waals surface area contributed by atoms with Crippen LogP contribution in [0, 0.1) is 5.92 Å². The van der Waals surface area contributed by atoms with Crippen LogP contribution in [0.2, 0.25) is 0 Å². The van der Waals surface area contributed by atoms with E-state index in [1.54, 1.807) is 39.5 Å². The maximum Gasteiger partial charge on any atom is 0.408 e. The number of amides is 1. The molecule has 0 radical (unpaired) electrons. The van der Waals surface area contributed by atoms with Crippen molar-refractivity contribution >= 4 is 18.0 Å². The highest BCUT2D eigenvalue weighted by Crippen LogP contribution is 2.46. The summed E-state index contributed by atoms with van der Waals surface area (Å²) in [4.78, 5) is 39.0. The first kappa shape index (κ1) is 24.2. The molecule has 0 aromatic heterocycles. The van der Waals surface area contributed by atoms with Crippen molar-refractivity contribution in [2.75, 3.05) is 13.1 Å². The number of ether oxygens (including phenoxy) is 1. The van der Waals surface area contributed by atoms with E-state index in [0.29, 0.717) is 13.0 Å². The largest absolute Gasteiger partial charge is 0.480 e. The number of carbonyl (C=O) groups is 3. The van der Waals surface area contributed by atoms with Gasteiger partial charge in [0.05, 0.1) is 0 Å². The summed E-state index contributed by atoms with van der Waals surface area (Å²) >= 11 is 0. The molecular formula is C20H36N2O6. The molecule has 0 spiro atoms. The van der Waals surface area contributed by atoms with Crippen molar-refractivity contribution in [2.24, 2.45) is 5.92 Å². The van der Waals surface area contributed by atoms with Gasteiger partial charge in [-0.1, -0.05) is 33.6 Å². The molecule has 8 nitrogen and oxygen atoms in total. The topological polar surface area (TPSA) is 116 Å². The Balaban J connectivity index is 3.40. The zero-order valence-corrected chi connectivity index (χ0v) is 18.0. The SMILES string of the molecule is CCCCCN1C[C@@](NC(=O)OC(C)(C)C)(C(=O)O)C(CC)[C@]1(CC)C(=O)O. The second-order valence-electron chi connectivity index (χ2n) is 8.58. The number of carbonyl (C=O) groups excluding carboxylic acids is 1. The quantitative estimate of drug-likeness (QED) is 0.509. The number of nitrogens with zero attached hydrogens (tertiary/aromatic N) is 1. The summed E-state index contributed by atoms with van der Waals surface area (Å²) in [5, 5.41) is 22.8. The van der Waals surface area contributed by atoms with Crippen LogP contribution < -0.4 is 5.32 Å². The molecule has 0 aromatic carbocycles. The molecule has 3 atom stereocenters. The van der Waals surface area contributed by atoms with Gasteiger partial charge in [0.15, 0.2) is 5.54 Å². The molecule has 3 N–H and O–H groups in total. The maximum absolute atomic E-state index is 12.5. The average molecular weight is 401 g/mol. The summed E-state index contributed by atoms with van der Waals surface area (Å²) in [5.41, 5.74) is -3.87. The van der Waals surface area contributed by atoms with Gasteiger partial charge in [0.1, 0.15) is 11.1 Å². The molecule has 0 saturated carbocycles. The number of rotatable bonds is 9. The molecule has 162 valence electrons. The summed E-state index contributed by atoms with van der Waals surface area (Å²) in [6.45, 7) is 11.1. The average Bonchev–Trinajstić information content (AvgIpc) is 2.84. The summed E-state index contributed by atoms with van der Waals surface area (Å²) in [7, 11) is 0. The first-order valence-electron chi connectivity index (χ1n) is 10.1. The molecule has 1 aliphatic rings. The Morgan fingerprint density at radius 1 is 1.11 bits per heavy atom. The van der Waals surface area contributed by atoms with Crippen LogP contribution in [0.15, 0.2) is 0 Å².